The Balaban J connectivity index is 1.54. The number of nitrogens with one attached hydrogen (secondary N) is 2. The standard InChI is InChI=1S/C23H25N3O2/c1-23(11-13-24-14-12-23)16-26-21(27)18-9-5-6-10-19(18)22-25-15-20(28-22)17-7-3-2-4-8-17/h2-10,15,24H,11-14,16H2,1H3,(H,26,27). The van der Waals surface area contributed by atoms with Gasteiger partial charge in [0.1, 0.15) is 0 Å². The molecular weight excluding hydrogens is 350 g/mol. The van der Waals surface area contributed by atoms with E-state index >= 15 is 0 Å². The second-order valence-corrected chi connectivity index (χ2v) is 7.68. The van der Waals surface area contributed by atoms with E-state index in [1.807, 2.05) is 54.6 Å². The van der Waals surface area contributed by atoms with Crippen molar-refractivity contribution in [2.24, 2.45) is 5.41 Å². The highest BCUT2D eigenvalue weighted by atomic mass is 16.4. The van der Waals surface area contributed by atoms with E-state index in [1.165, 1.54) is 0 Å². The van der Waals surface area contributed by atoms with Crippen molar-refractivity contribution in [2.75, 3.05) is 19.6 Å². The van der Waals surface area contributed by atoms with E-state index in [9.17, 15) is 4.79 Å². The zero-order chi connectivity index (χ0) is 19.4. The summed E-state index contributed by atoms with van der Waals surface area (Å²) in [6, 6.07) is 17.3. The van der Waals surface area contributed by atoms with Crippen molar-refractivity contribution < 1.29 is 9.21 Å². The molecular formula is C23H25N3O2. The van der Waals surface area contributed by atoms with Crippen LogP contribution in [0, 0.1) is 5.41 Å². The highest BCUT2D eigenvalue weighted by Gasteiger charge is 2.27. The van der Waals surface area contributed by atoms with Gasteiger partial charge in [-0.15, -0.1) is 0 Å². The third-order valence-corrected chi connectivity index (χ3v) is 5.45. The first-order valence-electron chi connectivity index (χ1n) is 9.74. The molecule has 0 unspecified atom stereocenters. The van der Waals surface area contributed by atoms with Crippen LogP contribution in [0.4, 0.5) is 0 Å². The molecule has 0 bridgehead atoms. The molecule has 0 saturated carbocycles. The molecule has 3 aromatic rings. The van der Waals surface area contributed by atoms with Crippen LogP contribution in [0.15, 0.2) is 65.2 Å². The van der Waals surface area contributed by atoms with Crippen LogP contribution in [0.25, 0.3) is 22.8 Å². The van der Waals surface area contributed by atoms with Gasteiger partial charge in [-0.05, 0) is 43.5 Å². The SMILES string of the molecule is CC1(CNC(=O)c2ccccc2-c2ncc(-c3ccccc3)o2)CCNCC1. The van der Waals surface area contributed by atoms with Crippen LogP contribution >= 0.6 is 0 Å². The molecule has 5 nitrogen and oxygen atoms in total. The summed E-state index contributed by atoms with van der Waals surface area (Å²) in [6.07, 6.45) is 3.83. The Morgan fingerprint density at radius 2 is 1.82 bits per heavy atom. The van der Waals surface area contributed by atoms with Gasteiger partial charge in [0.2, 0.25) is 5.89 Å². The summed E-state index contributed by atoms with van der Waals surface area (Å²) in [4.78, 5) is 17.3. The number of benzene rings is 2. The van der Waals surface area contributed by atoms with Crippen molar-refractivity contribution in [1.82, 2.24) is 15.6 Å². The lowest BCUT2D eigenvalue weighted by Crippen LogP contribution is -2.43. The molecule has 0 radical (unpaired) electrons. The monoisotopic (exact) mass is 375 g/mol. The number of piperidine rings is 1. The van der Waals surface area contributed by atoms with Gasteiger partial charge in [-0.25, -0.2) is 4.98 Å². The maximum Gasteiger partial charge on any atom is 0.252 e. The van der Waals surface area contributed by atoms with Gasteiger partial charge in [-0.1, -0.05) is 49.4 Å². The largest absolute Gasteiger partial charge is 0.436 e. The maximum absolute atomic E-state index is 12.9. The third kappa shape index (κ3) is 3.99. The van der Waals surface area contributed by atoms with Crippen LogP contribution in [0.5, 0.6) is 0 Å². The van der Waals surface area contributed by atoms with E-state index in [4.69, 9.17) is 4.42 Å². The molecule has 1 aromatic heterocycles. The van der Waals surface area contributed by atoms with Gasteiger partial charge in [0.25, 0.3) is 5.91 Å². The summed E-state index contributed by atoms with van der Waals surface area (Å²) < 4.78 is 5.96. The van der Waals surface area contributed by atoms with Crippen LogP contribution in [0.1, 0.15) is 30.1 Å². The van der Waals surface area contributed by atoms with Gasteiger partial charge in [0.15, 0.2) is 5.76 Å². The molecule has 0 aliphatic carbocycles. The quantitative estimate of drug-likeness (QED) is 0.704. The van der Waals surface area contributed by atoms with E-state index in [1.54, 1.807) is 6.20 Å². The van der Waals surface area contributed by atoms with Crippen LogP contribution in [0.3, 0.4) is 0 Å². The second kappa shape index (κ2) is 7.98. The molecule has 1 aliphatic rings. The third-order valence-electron chi connectivity index (χ3n) is 5.45. The molecule has 0 atom stereocenters. The first-order valence-corrected chi connectivity index (χ1v) is 9.74. The number of nitrogens with zero attached hydrogens (tertiary/aromatic N) is 1. The fourth-order valence-corrected chi connectivity index (χ4v) is 3.60. The molecule has 1 fully saturated rings. The summed E-state index contributed by atoms with van der Waals surface area (Å²) in [5, 5.41) is 6.49. The number of oxazole rings is 1. The Bertz CT molecular complexity index is 943. The molecule has 5 heteroatoms. The normalized spacial score (nSPS) is 15.9. The van der Waals surface area contributed by atoms with Crippen molar-refractivity contribution in [1.29, 1.82) is 0 Å². The molecule has 28 heavy (non-hydrogen) atoms. The van der Waals surface area contributed by atoms with Gasteiger partial charge in [0.05, 0.1) is 11.8 Å². The zero-order valence-electron chi connectivity index (χ0n) is 16.1. The van der Waals surface area contributed by atoms with Crippen molar-refractivity contribution in [2.45, 2.75) is 19.8 Å². The van der Waals surface area contributed by atoms with Gasteiger partial charge < -0.3 is 15.1 Å². The minimum Gasteiger partial charge on any atom is -0.436 e. The predicted octanol–water partition coefficient (Wildman–Crippen LogP) is 4.13. The van der Waals surface area contributed by atoms with Crippen LogP contribution < -0.4 is 10.6 Å². The topological polar surface area (TPSA) is 67.2 Å². The summed E-state index contributed by atoms with van der Waals surface area (Å²) >= 11 is 0. The van der Waals surface area contributed by atoms with Crippen molar-refractivity contribution in [3.8, 4) is 22.8 Å². The lowest BCUT2D eigenvalue weighted by Gasteiger charge is -2.34. The lowest BCUT2D eigenvalue weighted by molar-refractivity contribution is 0.0922. The zero-order valence-corrected chi connectivity index (χ0v) is 16.1. The van der Waals surface area contributed by atoms with Crippen LogP contribution in [-0.4, -0.2) is 30.5 Å². The van der Waals surface area contributed by atoms with Gasteiger partial charge in [-0.3, -0.25) is 4.79 Å². The van der Waals surface area contributed by atoms with E-state index in [-0.39, 0.29) is 11.3 Å². The highest BCUT2D eigenvalue weighted by Crippen LogP contribution is 2.29. The summed E-state index contributed by atoms with van der Waals surface area (Å²) in [5.41, 5.74) is 2.39. The Kier molecular flexibility index (Phi) is 5.26. The molecule has 2 aromatic carbocycles. The second-order valence-electron chi connectivity index (χ2n) is 7.68. The van der Waals surface area contributed by atoms with Crippen molar-refractivity contribution in [3.63, 3.8) is 0 Å². The number of carbonyl (C=O) groups excluding carboxylic acids is 1. The first kappa shape index (κ1) is 18.4. The van der Waals surface area contributed by atoms with E-state index < -0.39 is 0 Å². The Labute approximate surface area is 165 Å². The Morgan fingerprint density at radius 3 is 2.61 bits per heavy atom. The lowest BCUT2D eigenvalue weighted by atomic mass is 9.81. The molecule has 4 rings (SSSR count). The number of rotatable bonds is 5. The number of amides is 1. The van der Waals surface area contributed by atoms with Crippen molar-refractivity contribution in [3.05, 3.63) is 66.4 Å². The highest BCUT2D eigenvalue weighted by molar-refractivity contribution is 6.00. The minimum atomic E-state index is -0.0881. The van der Waals surface area contributed by atoms with Gasteiger partial charge >= 0.3 is 0 Å². The minimum absolute atomic E-state index is 0.0881. The molecule has 144 valence electrons. The molecule has 2 heterocycles. The fourth-order valence-electron chi connectivity index (χ4n) is 3.60. The van der Waals surface area contributed by atoms with E-state index in [0.29, 0.717) is 29.3 Å². The number of hydrogen-bond donors (Lipinski definition) is 2. The molecule has 2 N–H and O–H groups in total. The summed E-state index contributed by atoms with van der Waals surface area (Å²) in [5.74, 6) is 1.06. The molecule has 1 aliphatic heterocycles. The van der Waals surface area contributed by atoms with Crippen molar-refractivity contribution >= 4 is 5.91 Å². The Morgan fingerprint density at radius 1 is 1.11 bits per heavy atom. The molecule has 1 amide bonds. The maximum atomic E-state index is 12.9. The fraction of sp³-hybridized carbons (Fsp3) is 0.304. The predicted molar refractivity (Wildman–Crippen MR) is 110 cm³/mol. The Hall–Kier alpha value is -2.92. The first-order chi connectivity index (χ1) is 13.6. The summed E-state index contributed by atoms with van der Waals surface area (Å²) in [6.45, 7) is 4.91. The van der Waals surface area contributed by atoms with E-state index in [0.717, 1.165) is 31.5 Å². The smallest absolute Gasteiger partial charge is 0.252 e. The molecule has 1 saturated heterocycles. The van der Waals surface area contributed by atoms with Crippen LogP contribution in [0.2, 0.25) is 0 Å². The molecule has 0 spiro atoms. The number of hydrogen-bond acceptors (Lipinski definition) is 4. The average Bonchev–Trinajstić information content (AvgIpc) is 3.23. The summed E-state index contributed by atoms with van der Waals surface area (Å²) in [7, 11) is 0. The van der Waals surface area contributed by atoms with Gasteiger partial charge in [-0.2, -0.15) is 0 Å². The van der Waals surface area contributed by atoms with E-state index in [2.05, 4.69) is 22.5 Å². The average molecular weight is 375 g/mol. The van der Waals surface area contributed by atoms with Gasteiger partial charge in [0, 0.05) is 17.7 Å². The van der Waals surface area contributed by atoms with Crippen LogP contribution in [-0.2, 0) is 0 Å². The number of carbonyl (C=O) groups is 1. The number of aromatic nitrogens is 1.